The first-order valence-electron chi connectivity index (χ1n) is 2.32. The highest BCUT2D eigenvalue weighted by Crippen LogP contribution is 2.27. The number of nitrogens with zero attached hydrogens (tertiary/aromatic N) is 1. The molecule has 10 heavy (non-hydrogen) atoms. The van der Waals surface area contributed by atoms with E-state index in [2.05, 4.69) is 66.1 Å². The van der Waals surface area contributed by atoms with Crippen LogP contribution in [0.15, 0.2) is 10.7 Å². The van der Waals surface area contributed by atoms with Gasteiger partial charge in [-0.25, -0.2) is 4.98 Å². The summed E-state index contributed by atoms with van der Waals surface area (Å²) in [5.74, 6) is 0.209. The van der Waals surface area contributed by atoms with Crippen LogP contribution in [-0.4, -0.2) is 10.1 Å². The van der Waals surface area contributed by atoms with Crippen LogP contribution in [0.3, 0.4) is 0 Å². The van der Waals surface area contributed by atoms with Crippen LogP contribution in [0.2, 0.25) is 0 Å². The fourth-order valence-corrected chi connectivity index (χ4v) is 3.26. The minimum absolute atomic E-state index is 0.209. The normalized spacial score (nSPS) is 9.90. The molecule has 1 heterocycles. The van der Waals surface area contributed by atoms with E-state index in [0.29, 0.717) is 4.60 Å². The van der Waals surface area contributed by atoms with Crippen LogP contribution in [0.1, 0.15) is 0 Å². The molecule has 0 amide bonds. The van der Waals surface area contributed by atoms with E-state index in [-0.39, 0.29) is 5.75 Å². The molecular weight excluding hydrogens is 424 g/mol. The smallest absolute Gasteiger partial charge is 0.161 e. The number of rotatable bonds is 0. The zero-order chi connectivity index (χ0) is 7.72. The molecule has 0 bridgehead atoms. The largest absolute Gasteiger partial charge is 0.504 e. The maximum atomic E-state index is 9.21. The summed E-state index contributed by atoms with van der Waals surface area (Å²) in [5.41, 5.74) is 0. The van der Waals surface area contributed by atoms with E-state index in [1.807, 2.05) is 0 Å². The van der Waals surface area contributed by atoms with E-state index in [1.165, 1.54) is 0 Å². The lowest BCUT2D eigenvalue weighted by Crippen LogP contribution is -1.84. The van der Waals surface area contributed by atoms with E-state index in [1.54, 1.807) is 6.07 Å². The van der Waals surface area contributed by atoms with Gasteiger partial charge in [0.2, 0.25) is 0 Å². The summed E-state index contributed by atoms with van der Waals surface area (Å²) in [7, 11) is 0. The minimum atomic E-state index is 0.209. The summed E-state index contributed by atoms with van der Waals surface area (Å²) >= 11 is 7.27. The first-order chi connectivity index (χ1) is 4.61. The lowest BCUT2D eigenvalue weighted by atomic mass is 10.5. The quantitative estimate of drug-likeness (QED) is 0.512. The van der Waals surface area contributed by atoms with Gasteiger partial charge in [-0.3, -0.25) is 0 Å². The Labute approximate surface area is 93.8 Å². The molecule has 1 rings (SSSR count). The first kappa shape index (κ1) is 8.98. The highest BCUT2D eigenvalue weighted by Gasteiger charge is 2.04. The Bertz CT molecular complexity index is 243. The second-order valence-electron chi connectivity index (χ2n) is 1.57. The minimum Gasteiger partial charge on any atom is -0.504 e. The molecule has 0 aliphatic rings. The highest BCUT2D eigenvalue weighted by molar-refractivity contribution is 14.1. The molecule has 0 aliphatic carbocycles. The summed E-state index contributed by atoms with van der Waals surface area (Å²) in [6.45, 7) is 0. The third-order valence-corrected chi connectivity index (χ3v) is 2.80. The molecule has 5 heteroatoms. The molecule has 0 aromatic carbocycles. The Morgan fingerprint density at radius 1 is 1.50 bits per heavy atom. The zero-order valence-corrected chi connectivity index (χ0v) is 10.5. The van der Waals surface area contributed by atoms with Gasteiger partial charge in [-0.15, -0.1) is 0 Å². The van der Waals surface area contributed by atoms with Crippen molar-refractivity contribution in [3.05, 3.63) is 17.9 Å². The van der Waals surface area contributed by atoms with Crippen molar-refractivity contribution in [1.82, 2.24) is 4.98 Å². The van der Waals surface area contributed by atoms with Crippen LogP contribution in [-0.2, 0) is 0 Å². The molecule has 0 fully saturated rings. The van der Waals surface area contributed by atoms with E-state index in [0.717, 1.165) is 7.27 Å². The van der Waals surface area contributed by atoms with Crippen molar-refractivity contribution >= 4 is 61.1 Å². The molecule has 1 aromatic rings. The summed E-state index contributed by atoms with van der Waals surface area (Å²) < 4.78 is 2.18. The predicted octanol–water partition coefficient (Wildman–Crippen LogP) is 2.76. The fraction of sp³-hybridized carbons (Fsp3) is 0. The van der Waals surface area contributed by atoms with Crippen LogP contribution in [0.25, 0.3) is 0 Å². The Kier molecular flexibility index (Phi) is 3.17. The van der Waals surface area contributed by atoms with Crippen molar-refractivity contribution in [3.63, 3.8) is 0 Å². The molecule has 1 N–H and O–H groups in total. The molecule has 0 saturated carbocycles. The van der Waals surface area contributed by atoms with E-state index >= 15 is 0 Å². The summed E-state index contributed by atoms with van der Waals surface area (Å²) in [6, 6.07) is 1.81. The highest BCUT2D eigenvalue weighted by atomic mass is 127. The molecule has 0 saturated heterocycles. The Morgan fingerprint density at radius 3 is 2.60 bits per heavy atom. The maximum absolute atomic E-state index is 9.21. The summed E-state index contributed by atoms with van der Waals surface area (Å²) in [4.78, 5) is 3.98. The topological polar surface area (TPSA) is 33.1 Å². The lowest BCUT2D eigenvalue weighted by Gasteiger charge is -1.98. The van der Waals surface area contributed by atoms with Crippen molar-refractivity contribution in [2.24, 2.45) is 0 Å². The second kappa shape index (κ2) is 3.53. The number of aromatic hydroxyl groups is 1. The van der Waals surface area contributed by atoms with Gasteiger partial charge in [0.25, 0.3) is 0 Å². The van der Waals surface area contributed by atoms with Crippen LogP contribution in [0.5, 0.6) is 5.75 Å². The first-order valence-corrected chi connectivity index (χ1v) is 5.27. The lowest BCUT2D eigenvalue weighted by molar-refractivity contribution is 0.464. The molecule has 54 valence electrons. The van der Waals surface area contributed by atoms with Gasteiger partial charge in [-0.05, 0) is 67.2 Å². The van der Waals surface area contributed by atoms with Crippen LogP contribution in [0.4, 0.5) is 0 Å². The van der Waals surface area contributed by atoms with Gasteiger partial charge in [-0.2, -0.15) is 0 Å². The van der Waals surface area contributed by atoms with Gasteiger partial charge < -0.3 is 5.11 Å². The standard InChI is InChI=1S/C5H2BrI2NO/c6-5-4(10)2(7)1-3(8)9-5/h1,10H. The third-order valence-electron chi connectivity index (χ3n) is 0.872. The van der Waals surface area contributed by atoms with Gasteiger partial charge in [0.15, 0.2) is 5.75 Å². The second-order valence-corrected chi connectivity index (χ2v) is 4.58. The summed E-state index contributed by atoms with van der Waals surface area (Å²) in [6.07, 6.45) is 0. The number of hydrogen-bond donors (Lipinski definition) is 1. The van der Waals surface area contributed by atoms with Crippen LogP contribution in [0, 0.1) is 7.27 Å². The average Bonchev–Trinajstić information content (AvgIpc) is 1.82. The fourth-order valence-electron chi connectivity index (χ4n) is 0.450. The molecule has 0 spiro atoms. The number of aromatic nitrogens is 1. The SMILES string of the molecule is Oc1c(I)cc(I)nc1Br. The van der Waals surface area contributed by atoms with Crippen molar-refractivity contribution in [3.8, 4) is 5.75 Å². The van der Waals surface area contributed by atoms with Gasteiger partial charge in [0.05, 0.1) is 3.57 Å². The summed E-state index contributed by atoms with van der Waals surface area (Å²) in [5, 5.41) is 9.21. The molecule has 0 unspecified atom stereocenters. The van der Waals surface area contributed by atoms with Crippen molar-refractivity contribution < 1.29 is 5.11 Å². The number of hydrogen-bond acceptors (Lipinski definition) is 2. The van der Waals surface area contributed by atoms with Crippen LogP contribution < -0.4 is 0 Å². The average molecular weight is 426 g/mol. The monoisotopic (exact) mass is 425 g/mol. The van der Waals surface area contributed by atoms with Crippen molar-refractivity contribution in [2.75, 3.05) is 0 Å². The Hall–Kier alpha value is 0.890. The molecule has 0 radical (unpaired) electrons. The van der Waals surface area contributed by atoms with E-state index in [4.69, 9.17) is 0 Å². The molecular formula is C5H2BrI2NO. The zero-order valence-electron chi connectivity index (χ0n) is 4.61. The van der Waals surface area contributed by atoms with Crippen LogP contribution >= 0.6 is 61.1 Å². The van der Waals surface area contributed by atoms with Gasteiger partial charge in [0.1, 0.15) is 8.30 Å². The van der Waals surface area contributed by atoms with Gasteiger partial charge >= 0.3 is 0 Å². The van der Waals surface area contributed by atoms with E-state index < -0.39 is 0 Å². The van der Waals surface area contributed by atoms with Crippen molar-refractivity contribution in [1.29, 1.82) is 0 Å². The molecule has 0 atom stereocenters. The van der Waals surface area contributed by atoms with Gasteiger partial charge in [0, 0.05) is 0 Å². The van der Waals surface area contributed by atoms with E-state index in [9.17, 15) is 5.11 Å². The predicted molar refractivity (Wildman–Crippen MR) is 59.0 cm³/mol. The Balaban J connectivity index is 3.31. The third kappa shape index (κ3) is 1.94. The number of halogens is 3. The number of pyridine rings is 1. The molecule has 1 aromatic heterocycles. The van der Waals surface area contributed by atoms with Crippen molar-refractivity contribution in [2.45, 2.75) is 0 Å². The molecule has 2 nitrogen and oxygen atoms in total. The maximum Gasteiger partial charge on any atom is 0.161 e. The molecule has 0 aliphatic heterocycles. The Morgan fingerprint density at radius 2 is 2.10 bits per heavy atom. The van der Waals surface area contributed by atoms with Gasteiger partial charge in [-0.1, -0.05) is 0 Å².